The molecule has 3 rings (SSSR count). The van der Waals surface area contributed by atoms with Crippen LogP contribution >= 0.6 is 0 Å². The minimum absolute atomic E-state index is 0.909. The fourth-order valence-electron chi connectivity index (χ4n) is 2.63. The van der Waals surface area contributed by atoms with Gasteiger partial charge >= 0.3 is 0 Å². The van der Waals surface area contributed by atoms with Crippen LogP contribution in [0.15, 0.2) is 65.3 Å². The molecule has 2 aromatic carbocycles. The summed E-state index contributed by atoms with van der Waals surface area (Å²) in [4.78, 5) is 4.28. The topological polar surface area (TPSA) is 12.4 Å². The van der Waals surface area contributed by atoms with E-state index in [2.05, 4.69) is 67.4 Å². The predicted molar refractivity (Wildman–Crippen MR) is 91.4 cm³/mol. The summed E-state index contributed by atoms with van der Waals surface area (Å²) >= 11 is 0. The summed E-state index contributed by atoms with van der Waals surface area (Å²) in [7, 11) is 0. The average Bonchev–Trinajstić information content (AvgIpc) is 3.03. The Morgan fingerprint density at radius 1 is 1.00 bits per heavy atom. The summed E-state index contributed by atoms with van der Waals surface area (Å²) < 4.78 is 0. The summed E-state index contributed by atoms with van der Waals surface area (Å²) in [6.45, 7) is 4.36. The van der Waals surface area contributed by atoms with Crippen molar-refractivity contribution in [2.75, 3.05) is 0 Å². The molecule has 1 aliphatic heterocycles. The van der Waals surface area contributed by atoms with Gasteiger partial charge in [0.25, 0.3) is 0 Å². The molecule has 1 heteroatoms. The van der Waals surface area contributed by atoms with E-state index in [9.17, 15) is 0 Å². The lowest BCUT2D eigenvalue weighted by molar-refractivity contribution is 1.30. The van der Waals surface area contributed by atoms with Gasteiger partial charge in [-0.3, -0.25) is 4.99 Å². The van der Waals surface area contributed by atoms with Gasteiger partial charge in [-0.1, -0.05) is 48.5 Å². The van der Waals surface area contributed by atoms with E-state index in [-0.39, 0.29) is 0 Å². The largest absolute Gasteiger partial charge is 0.268 e. The molecule has 0 amide bonds. The first-order valence-electron chi connectivity index (χ1n) is 7.30. The number of nitrogens with zero attached hydrogens (tertiary/aromatic N) is 1. The molecule has 1 nitrogen and oxygen atoms in total. The first-order valence-corrected chi connectivity index (χ1v) is 7.30. The summed E-state index contributed by atoms with van der Waals surface area (Å²) in [5.41, 5.74) is 7.75. The van der Waals surface area contributed by atoms with Crippen molar-refractivity contribution in [3.63, 3.8) is 0 Å². The molecule has 0 unspecified atom stereocenters. The van der Waals surface area contributed by atoms with Crippen molar-refractivity contribution < 1.29 is 0 Å². The number of aryl methyl sites for hydroxylation is 1. The van der Waals surface area contributed by atoms with E-state index < -0.39 is 0 Å². The van der Waals surface area contributed by atoms with Crippen LogP contribution in [0.2, 0.25) is 0 Å². The molecular formula is C20H19N. The second-order valence-electron chi connectivity index (χ2n) is 5.41. The van der Waals surface area contributed by atoms with Crippen LogP contribution in [0.3, 0.4) is 0 Å². The van der Waals surface area contributed by atoms with Gasteiger partial charge in [-0.15, -0.1) is 0 Å². The highest BCUT2D eigenvalue weighted by Crippen LogP contribution is 2.32. The first-order chi connectivity index (χ1) is 10.3. The molecule has 0 bridgehead atoms. The van der Waals surface area contributed by atoms with E-state index in [1.807, 2.05) is 18.5 Å². The van der Waals surface area contributed by atoms with E-state index in [0.29, 0.717) is 0 Å². The van der Waals surface area contributed by atoms with Crippen LogP contribution in [0.25, 0.3) is 11.6 Å². The monoisotopic (exact) mass is 273 g/mol. The zero-order valence-electron chi connectivity index (χ0n) is 12.5. The number of allylic oxidation sites excluding steroid dienone is 2. The fraction of sp³-hybridized carbons (Fsp3) is 0.150. The van der Waals surface area contributed by atoms with Crippen LogP contribution in [0.5, 0.6) is 0 Å². The van der Waals surface area contributed by atoms with Crippen molar-refractivity contribution in [3.8, 4) is 0 Å². The Balaban J connectivity index is 2.13. The summed E-state index contributed by atoms with van der Waals surface area (Å²) in [6.07, 6.45) is 7.13. The van der Waals surface area contributed by atoms with E-state index >= 15 is 0 Å². The van der Waals surface area contributed by atoms with Gasteiger partial charge in [0.2, 0.25) is 0 Å². The van der Waals surface area contributed by atoms with Gasteiger partial charge in [-0.25, -0.2) is 0 Å². The van der Waals surface area contributed by atoms with Gasteiger partial charge in [0, 0.05) is 18.8 Å². The number of benzene rings is 2. The summed E-state index contributed by atoms with van der Waals surface area (Å²) in [6, 6.07) is 17.0. The maximum Gasteiger partial charge on any atom is 0.0306 e. The van der Waals surface area contributed by atoms with Gasteiger partial charge in [-0.2, -0.15) is 0 Å². The number of hydrogen-bond acceptors (Lipinski definition) is 1. The zero-order chi connectivity index (χ0) is 14.7. The predicted octanol–water partition coefficient (Wildman–Crippen LogP) is 5.20. The second-order valence-corrected chi connectivity index (χ2v) is 5.41. The summed E-state index contributed by atoms with van der Waals surface area (Å²) in [5.74, 6) is 0. The Bertz CT molecular complexity index is 734. The van der Waals surface area contributed by atoms with Crippen molar-refractivity contribution in [2.45, 2.75) is 20.3 Å². The molecule has 0 aromatic heterocycles. The number of hydrogen-bond donors (Lipinski definition) is 0. The first kappa shape index (κ1) is 13.6. The quantitative estimate of drug-likeness (QED) is 0.681. The summed E-state index contributed by atoms with van der Waals surface area (Å²) in [5, 5.41) is 0. The molecule has 1 heterocycles. The van der Waals surface area contributed by atoms with Crippen molar-refractivity contribution in [1.82, 2.24) is 0 Å². The molecule has 0 saturated heterocycles. The molecule has 0 fully saturated rings. The number of aliphatic imine (C=N–C) groups is 1. The second kappa shape index (κ2) is 5.92. The molecule has 0 radical (unpaired) electrons. The Hall–Kier alpha value is -2.41. The van der Waals surface area contributed by atoms with Gasteiger partial charge in [0.1, 0.15) is 0 Å². The highest BCUT2D eigenvalue weighted by molar-refractivity contribution is 5.95. The lowest BCUT2D eigenvalue weighted by atomic mass is 9.90. The van der Waals surface area contributed by atoms with Gasteiger partial charge in [0.05, 0.1) is 0 Å². The van der Waals surface area contributed by atoms with E-state index in [4.69, 9.17) is 0 Å². The molecule has 104 valence electrons. The molecule has 0 N–H and O–H groups in total. The minimum Gasteiger partial charge on any atom is -0.268 e. The molecule has 1 aliphatic rings. The van der Waals surface area contributed by atoms with E-state index in [1.54, 1.807) is 0 Å². The Morgan fingerprint density at radius 3 is 2.52 bits per heavy atom. The molecule has 0 aliphatic carbocycles. The Kier molecular flexibility index (Phi) is 3.83. The molecule has 0 saturated carbocycles. The third-order valence-corrected chi connectivity index (χ3v) is 4.00. The Labute approximate surface area is 126 Å². The van der Waals surface area contributed by atoms with Gasteiger partial charge in [-0.05, 0) is 53.3 Å². The van der Waals surface area contributed by atoms with Gasteiger partial charge < -0.3 is 0 Å². The lowest BCUT2D eigenvalue weighted by Crippen LogP contribution is -1.95. The Morgan fingerprint density at radius 2 is 1.81 bits per heavy atom. The van der Waals surface area contributed by atoms with Gasteiger partial charge in [0.15, 0.2) is 0 Å². The van der Waals surface area contributed by atoms with E-state index in [1.165, 1.54) is 33.4 Å². The molecule has 21 heavy (non-hydrogen) atoms. The van der Waals surface area contributed by atoms with Crippen LogP contribution in [0.4, 0.5) is 0 Å². The molecule has 0 spiro atoms. The smallest absolute Gasteiger partial charge is 0.0306 e. The highest BCUT2D eigenvalue weighted by Gasteiger charge is 2.13. The number of rotatable bonds is 3. The molecule has 0 atom stereocenters. The fourth-order valence-corrected chi connectivity index (χ4v) is 2.63. The molecular weight excluding hydrogens is 254 g/mol. The van der Waals surface area contributed by atoms with Crippen LogP contribution in [0, 0.1) is 13.8 Å². The maximum absolute atomic E-state index is 4.28. The normalized spacial score (nSPS) is 14.4. The van der Waals surface area contributed by atoms with Crippen LogP contribution in [0.1, 0.15) is 28.7 Å². The van der Waals surface area contributed by atoms with E-state index in [0.717, 1.165) is 6.42 Å². The zero-order valence-corrected chi connectivity index (χ0v) is 12.5. The highest BCUT2D eigenvalue weighted by atomic mass is 14.7. The maximum atomic E-state index is 4.28. The third-order valence-electron chi connectivity index (χ3n) is 4.00. The van der Waals surface area contributed by atoms with Crippen LogP contribution in [-0.2, 0) is 0 Å². The van der Waals surface area contributed by atoms with Crippen molar-refractivity contribution in [2.24, 2.45) is 4.99 Å². The SMILES string of the molecule is Cc1cccc(/C(=C/c2ccccc2)C2=CN=CC2)c1C. The minimum atomic E-state index is 0.909. The van der Waals surface area contributed by atoms with Crippen molar-refractivity contribution in [3.05, 3.63) is 82.6 Å². The van der Waals surface area contributed by atoms with Crippen LogP contribution < -0.4 is 0 Å². The van der Waals surface area contributed by atoms with Crippen molar-refractivity contribution in [1.29, 1.82) is 0 Å². The third kappa shape index (κ3) is 2.87. The average molecular weight is 273 g/mol. The standard InChI is InChI=1S/C20H19N/c1-15-7-6-10-19(16(15)2)20(18-11-12-21-14-18)13-17-8-4-3-5-9-17/h3-10,12-14H,11H2,1-2H3/b20-13+. The lowest BCUT2D eigenvalue weighted by Gasteiger charge is -2.14. The van der Waals surface area contributed by atoms with Crippen LogP contribution in [-0.4, -0.2) is 6.21 Å². The van der Waals surface area contributed by atoms with Crippen molar-refractivity contribution >= 4 is 17.9 Å². The molecule has 2 aromatic rings.